The van der Waals surface area contributed by atoms with Gasteiger partial charge in [-0.25, -0.2) is 0 Å². The van der Waals surface area contributed by atoms with Crippen molar-refractivity contribution in [3.05, 3.63) is 59.5 Å². The maximum atomic E-state index is 11.9. The van der Waals surface area contributed by atoms with Crippen molar-refractivity contribution in [2.24, 2.45) is 0 Å². The maximum Gasteiger partial charge on any atom is 0.251 e. The molecule has 2 rings (SSSR count). The summed E-state index contributed by atoms with van der Waals surface area (Å²) in [6, 6.07) is 11.3. The first-order chi connectivity index (χ1) is 10.3. The molecule has 0 aliphatic rings. The summed E-state index contributed by atoms with van der Waals surface area (Å²) in [5, 5.41) is 3.67. The van der Waals surface area contributed by atoms with E-state index in [0.717, 1.165) is 23.1 Å². The molecular weight excluding hydrogens is 334 g/mol. The Labute approximate surface area is 132 Å². The molecule has 1 aromatic heterocycles. The lowest BCUT2D eigenvalue weighted by atomic mass is 10.1. The van der Waals surface area contributed by atoms with E-state index in [2.05, 4.69) is 21.2 Å². The van der Waals surface area contributed by atoms with Gasteiger partial charge in [-0.15, -0.1) is 0 Å². The monoisotopic (exact) mass is 351 g/mol. The average Bonchev–Trinajstić information content (AvgIpc) is 3.04. The molecule has 1 amide bonds. The molecule has 5 heteroatoms. The Kier molecular flexibility index (Phi) is 6.50. The molecular formula is C16H18BrNO3. The SMILES string of the molecule is O=C(NCCCOCc1ccco1)c1ccc(CBr)cc1. The van der Waals surface area contributed by atoms with Gasteiger partial charge < -0.3 is 14.5 Å². The Morgan fingerprint density at radius 3 is 2.71 bits per heavy atom. The summed E-state index contributed by atoms with van der Waals surface area (Å²) in [5.74, 6) is 0.757. The lowest BCUT2D eigenvalue weighted by Crippen LogP contribution is -2.25. The highest BCUT2D eigenvalue weighted by Crippen LogP contribution is 2.07. The van der Waals surface area contributed by atoms with Crippen LogP contribution in [0.4, 0.5) is 0 Å². The highest BCUT2D eigenvalue weighted by atomic mass is 79.9. The minimum absolute atomic E-state index is 0.0536. The van der Waals surface area contributed by atoms with E-state index in [9.17, 15) is 4.79 Å². The maximum absolute atomic E-state index is 11.9. The molecule has 0 saturated carbocycles. The number of alkyl halides is 1. The number of nitrogens with one attached hydrogen (secondary N) is 1. The van der Waals surface area contributed by atoms with E-state index >= 15 is 0 Å². The molecule has 2 aromatic rings. The second-order valence-corrected chi connectivity index (χ2v) is 5.13. The van der Waals surface area contributed by atoms with Crippen molar-refractivity contribution >= 4 is 21.8 Å². The summed E-state index contributed by atoms with van der Waals surface area (Å²) in [7, 11) is 0. The second kappa shape index (κ2) is 8.64. The van der Waals surface area contributed by atoms with E-state index in [4.69, 9.17) is 9.15 Å². The first kappa shape index (κ1) is 15.8. The van der Waals surface area contributed by atoms with Crippen LogP contribution in [0.2, 0.25) is 0 Å². The minimum Gasteiger partial charge on any atom is -0.467 e. The van der Waals surface area contributed by atoms with E-state index in [1.165, 1.54) is 0 Å². The molecule has 21 heavy (non-hydrogen) atoms. The quantitative estimate of drug-likeness (QED) is 0.584. The summed E-state index contributed by atoms with van der Waals surface area (Å²) in [4.78, 5) is 11.9. The van der Waals surface area contributed by atoms with E-state index in [0.29, 0.717) is 25.3 Å². The molecule has 1 N–H and O–H groups in total. The summed E-state index contributed by atoms with van der Waals surface area (Å²) in [6.07, 6.45) is 2.39. The lowest BCUT2D eigenvalue weighted by molar-refractivity contribution is 0.0917. The predicted octanol–water partition coefficient (Wildman–Crippen LogP) is 3.51. The fourth-order valence-corrected chi connectivity index (χ4v) is 2.16. The van der Waals surface area contributed by atoms with E-state index in [-0.39, 0.29) is 5.91 Å². The van der Waals surface area contributed by atoms with Crippen LogP contribution in [0.3, 0.4) is 0 Å². The summed E-state index contributed by atoms with van der Waals surface area (Å²) in [6.45, 7) is 1.65. The van der Waals surface area contributed by atoms with Crippen LogP contribution in [0.5, 0.6) is 0 Å². The number of ether oxygens (including phenoxy) is 1. The van der Waals surface area contributed by atoms with Crippen molar-refractivity contribution in [3.63, 3.8) is 0 Å². The smallest absolute Gasteiger partial charge is 0.251 e. The molecule has 0 bridgehead atoms. The number of halogens is 1. The van der Waals surface area contributed by atoms with Crippen LogP contribution in [0.1, 0.15) is 28.1 Å². The zero-order chi connectivity index (χ0) is 14.9. The van der Waals surface area contributed by atoms with Crippen LogP contribution in [-0.2, 0) is 16.7 Å². The molecule has 4 nitrogen and oxygen atoms in total. The van der Waals surface area contributed by atoms with Crippen LogP contribution in [0, 0.1) is 0 Å². The molecule has 0 aliphatic heterocycles. The minimum atomic E-state index is -0.0536. The van der Waals surface area contributed by atoms with Crippen LogP contribution in [-0.4, -0.2) is 19.1 Å². The second-order valence-electron chi connectivity index (χ2n) is 4.57. The fourth-order valence-electron chi connectivity index (χ4n) is 1.79. The number of rotatable bonds is 8. The highest BCUT2D eigenvalue weighted by molar-refractivity contribution is 9.08. The summed E-state index contributed by atoms with van der Waals surface area (Å²) < 4.78 is 10.6. The number of furan rings is 1. The van der Waals surface area contributed by atoms with Gasteiger partial charge in [0.05, 0.1) is 6.26 Å². The van der Waals surface area contributed by atoms with Crippen LogP contribution in [0.15, 0.2) is 47.1 Å². The molecule has 0 fully saturated rings. The molecule has 0 spiro atoms. The van der Waals surface area contributed by atoms with Gasteiger partial charge in [0.1, 0.15) is 12.4 Å². The Hall–Kier alpha value is -1.59. The fraction of sp³-hybridized carbons (Fsp3) is 0.312. The normalized spacial score (nSPS) is 10.5. The number of carbonyl (C=O) groups excluding carboxylic acids is 1. The average molecular weight is 352 g/mol. The molecule has 1 heterocycles. The van der Waals surface area contributed by atoms with Gasteiger partial charge in [0.15, 0.2) is 0 Å². The first-order valence-corrected chi connectivity index (χ1v) is 7.95. The number of hydrogen-bond donors (Lipinski definition) is 1. The Morgan fingerprint density at radius 1 is 1.24 bits per heavy atom. The zero-order valence-electron chi connectivity index (χ0n) is 11.7. The van der Waals surface area contributed by atoms with E-state index in [1.807, 2.05) is 36.4 Å². The molecule has 112 valence electrons. The first-order valence-electron chi connectivity index (χ1n) is 6.83. The molecule has 1 aromatic carbocycles. The number of carbonyl (C=O) groups is 1. The van der Waals surface area contributed by atoms with Gasteiger partial charge in [0.25, 0.3) is 5.91 Å². The van der Waals surface area contributed by atoms with Crippen LogP contribution < -0.4 is 5.32 Å². The Morgan fingerprint density at radius 2 is 2.05 bits per heavy atom. The van der Waals surface area contributed by atoms with Gasteiger partial charge in [-0.3, -0.25) is 4.79 Å². The highest BCUT2D eigenvalue weighted by Gasteiger charge is 2.04. The van der Waals surface area contributed by atoms with Crippen molar-refractivity contribution < 1.29 is 13.9 Å². The lowest BCUT2D eigenvalue weighted by Gasteiger charge is -2.06. The van der Waals surface area contributed by atoms with Crippen LogP contribution in [0.25, 0.3) is 0 Å². The third kappa shape index (κ3) is 5.36. The third-order valence-electron chi connectivity index (χ3n) is 2.95. The zero-order valence-corrected chi connectivity index (χ0v) is 13.3. The van der Waals surface area contributed by atoms with Gasteiger partial charge >= 0.3 is 0 Å². The number of amides is 1. The largest absolute Gasteiger partial charge is 0.467 e. The number of benzene rings is 1. The van der Waals surface area contributed by atoms with Crippen molar-refractivity contribution in [2.75, 3.05) is 13.2 Å². The summed E-state index contributed by atoms with van der Waals surface area (Å²) in [5.41, 5.74) is 1.83. The van der Waals surface area contributed by atoms with Gasteiger partial charge in [0, 0.05) is 24.0 Å². The third-order valence-corrected chi connectivity index (χ3v) is 3.59. The van der Waals surface area contributed by atoms with Gasteiger partial charge in [-0.2, -0.15) is 0 Å². The van der Waals surface area contributed by atoms with Gasteiger partial charge in [-0.1, -0.05) is 28.1 Å². The molecule has 0 atom stereocenters. The Balaban J connectivity index is 1.60. The van der Waals surface area contributed by atoms with Crippen molar-refractivity contribution in [1.29, 1.82) is 0 Å². The topological polar surface area (TPSA) is 51.5 Å². The Bertz CT molecular complexity index is 537. The molecule has 0 unspecified atom stereocenters. The van der Waals surface area contributed by atoms with Gasteiger partial charge in [0.2, 0.25) is 0 Å². The standard InChI is InChI=1S/C16H18BrNO3/c17-11-13-4-6-14(7-5-13)16(19)18-8-2-9-20-12-15-3-1-10-21-15/h1,3-7,10H,2,8-9,11-12H2,(H,18,19). The predicted molar refractivity (Wildman–Crippen MR) is 84.4 cm³/mol. The molecule has 0 aliphatic carbocycles. The van der Waals surface area contributed by atoms with Crippen molar-refractivity contribution in [3.8, 4) is 0 Å². The van der Waals surface area contributed by atoms with Gasteiger partial charge in [-0.05, 0) is 36.2 Å². The van der Waals surface area contributed by atoms with Crippen LogP contribution >= 0.6 is 15.9 Å². The summed E-state index contributed by atoms with van der Waals surface area (Å²) >= 11 is 3.38. The molecule has 0 radical (unpaired) electrons. The van der Waals surface area contributed by atoms with Crippen molar-refractivity contribution in [2.45, 2.75) is 18.4 Å². The van der Waals surface area contributed by atoms with E-state index < -0.39 is 0 Å². The van der Waals surface area contributed by atoms with Crippen molar-refractivity contribution in [1.82, 2.24) is 5.32 Å². The molecule has 0 saturated heterocycles. The van der Waals surface area contributed by atoms with E-state index in [1.54, 1.807) is 6.26 Å². The number of hydrogen-bond acceptors (Lipinski definition) is 3.